The second-order valence-electron chi connectivity index (χ2n) is 11.4. The van der Waals surface area contributed by atoms with E-state index in [1.165, 1.54) is 16.2 Å². The SMILES string of the molecule is O=C(CN1C(=O)C2C3CC(C2C1=O)C1C3Sc2[nH]c(=O)sc2[C@@H]1c1ccc(Br)cc1)Nc1ccc2ccccc2c1. The van der Waals surface area contributed by atoms with Crippen LogP contribution in [0.2, 0.25) is 0 Å². The lowest BCUT2D eigenvalue weighted by Gasteiger charge is -2.43. The lowest BCUT2D eigenvalue weighted by Crippen LogP contribution is -2.42. The van der Waals surface area contributed by atoms with Gasteiger partial charge < -0.3 is 10.3 Å². The molecule has 2 N–H and O–H groups in total. The summed E-state index contributed by atoms with van der Waals surface area (Å²) in [5.41, 5.74) is 1.75. The molecule has 4 aromatic rings. The number of halogens is 1. The molecule has 7 nitrogen and oxygen atoms in total. The largest absolute Gasteiger partial charge is 0.325 e. The Morgan fingerprint density at radius 2 is 1.68 bits per heavy atom. The third-order valence-electron chi connectivity index (χ3n) is 9.38. The van der Waals surface area contributed by atoms with Crippen LogP contribution in [0.1, 0.15) is 22.8 Å². The van der Waals surface area contributed by atoms with E-state index in [9.17, 15) is 19.2 Å². The quantitative estimate of drug-likeness (QED) is 0.287. The summed E-state index contributed by atoms with van der Waals surface area (Å²) in [6.45, 7) is -0.282. The van der Waals surface area contributed by atoms with Gasteiger partial charge >= 0.3 is 4.87 Å². The minimum absolute atomic E-state index is 0.0163. The first kappa shape index (κ1) is 25.5. The molecule has 1 aromatic heterocycles. The number of aromatic nitrogens is 1. The number of H-pyrrole nitrogens is 1. The number of rotatable bonds is 4. The Bertz CT molecular complexity index is 1820. The van der Waals surface area contributed by atoms with Crippen molar-refractivity contribution in [1.29, 1.82) is 0 Å². The Hall–Kier alpha value is -3.21. The Kier molecular flexibility index (Phi) is 5.85. The molecule has 41 heavy (non-hydrogen) atoms. The molecule has 3 fully saturated rings. The van der Waals surface area contributed by atoms with Gasteiger partial charge in [0.25, 0.3) is 0 Å². The van der Waals surface area contributed by atoms with Crippen molar-refractivity contribution in [2.24, 2.45) is 29.6 Å². The Morgan fingerprint density at radius 1 is 0.951 bits per heavy atom. The van der Waals surface area contributed by atoms with Gasteiger partial charge in [-0.1, -0.05) is 69.7 Å². The minimum atomic E-state index is -0.419. The third kappa shape index (κ3) is 3.90. The van der Waals surface area contributed by atoms with Gasteiger partial charge in [-0.2, -0.15) is 0 Å². The number of carbonyl (C=O) groups is 3. The highest BCUT2D eigenvalue weighted by Gasteiger charge is 2.69. The van der Waals surface area contributed by atoms with Crippen molar-refractivity contribution in [3.05, 3.63) is 91.3 Å². The van der Waals surface area contributed by atoms with E-state index in [4.69, 9.17) is 0 Å². The predicted molar refractivity (Wildman–Crippen MR) is 162 cm³/mol. The van der Waals surface area contributed by atoms with Crippen LogP contribution in [0.15, 0.2) is 81.0 Å². The fourth-order valence-corrected chi connectivity index (χ4v) is 11.0. The fraction of sp³-hybridized carbons (Fsp3) is 0.290. The number of anilines is 1. The molecule has 10 heteroatoms. The number of aromatic amines is 1. The number of hydrogen-bond donors (Lipinski definition) is 2. The molecule has 2 aliphatic heterocycles. The molecule has 2 aliphatic carbocycles. The van der Waals surface area contributed by atoms with Gasteiger partial charge in [-0.3, -0.25) is 24.1 Å². The van der Waals surface area contributed by atoms with Crippen molar-refractivity contribution in [2.75, 3.05) is 11.9 Å². The zero-order valence-electron chi connectivity index (χ0n) is 21.6. The maximum atomic E-state index is 13.8. The van der Waals surface area contributed by atoms with Crippen LogP contribution >= 0.6 is 39.0 Å². The van der Waals surface area contributed by atoms with Gasteiger partial charge in [0, 0.05) is 26.2 Å². The summed E-state index contributed by atoms with van der Waals surface area (Å²) >= 11 is 6.44. The molecule has 7 atom stereocenters. The molecule has 6 unspecified atom stereocenters. The lowest BCUT2D eigenvalue weighted by molar-refractivity contribution is -0.143. The van der Waals surface area contributed by atoms with Crippen molar-refractivity contribution >= 4 is 73.2 Å². The summed E-state index contributed by atoms with van der Waals surface area (Å²) in [4.78, 5) is 58.2. The van der Waals surface area contributed by atoms with Crippen molar-refractivity contribution < 1.29 is 14.4 Å². The van der Waals surface area contributed by atoms with Crippen molar-refractivity contribution in [2.45, 2.75) is 22.6 Å². The summed E-state index contributed by atoms with van der Waals surface area (Å²) in [5, 5.41) is 5.96. The highest BCUT2D eigenvalue weighted by atomic mass is 79.9. The number of benzene rings is 3. The first-order valence-corrected chi connectivity index (χ1v) is 16.2. The number of carbonyl (C=O) groups excluding carboxylic acids is 3. The third-order valence-corrected chi connectivity index (χ3v) is 12.5. The van der Waals surface area contributed by atoms with E-state index in [0.717, 1.165) is 37.1 Å². The number of hydrogen-bond acceptors (Lipinski definition) is 6. The van der Waals surface area contributed by atoms with Crippen LogP contribution in [0.25, 0.3) is 10.8 Å². The number of imide groups is 1. The molecule has 3 heterocycles. The van der Waals surface area contributed by atoms with Crippen LogP contribution in [0, 0.1) is 29.6 Å². The van der Waals surface area contributed by atoms with Gasteiger partial charge in [-0.05, 0) is 64.8 Å². The highest BCUT2D eigenvalue weighted by Crippen LogP contribution is 2.68. The number of nitrogens with one attached hydrogen (secondary N) is 2. The Morgan fingerprint density at radius 3 is 2.46 bits per heavy atom. The first-order valence-electron chi connectivity index (χ1n) is 13.7. The molecule has 3 aromatic carbocycles. The maximum absolute atomic E-state index is 13.8. The van der Waals surface area contributed by atoms with Crippen molar-refractivity contribution in [3.8, 4) is 0 Å². The molecule has 4 aliphatic rings. The van der Waals surface area contributed by atoms with Gasteiger partial charge in [0.1, 0.15) is 6.54 Å². The van der Waals surface area contributed by atoms with E-state index in [1.807, 2.05) is 54.6 Å². The predicted octanol–water partition coefficient (Wildman–Crippen LogP) is 5.46. The van der Waals surface area contributed by atoms with E-state index >= 15 is 0 Å². The zero-order valence-corrected chi connectivity index (χ0v) is 24.8. The van der Waals surface area contributed by atoms with Crippen molar-refractivity contribution in [3.63, 3.8) is 0 Å². The smallest absolute Gasteiger partial charge is 0.305 e. The van der Waals surface area contributed by atoms with Gasteiger partial charge in [0.2, 0.25) is 17.7 Å². The molecule has 2 bridgehead atoms. The average molecular weight is 647 g/mol. The molecule has 8 rings (SSSR count). The number of thioether (sulfide) groups is 1. The molecular weight excluding hydrogens is 622 g/mol. The number of amides is 3. The Labute approximate surface area is 251 Å². The van der Waals surface area contributed by atoms with Crippen LogP contribution < -0.4 is 10.2 Å². The molecule has 2 saturated carbocycles. The van der Waals surface area contributed by atoms with Gasteiger partial charge in [-0.15, -0.1) is 11.8 Å². The summed E-state index contributed by atoms with van der Waals surface area (Å²) in [6, 6.07) is 21.7. The minimum Gasteiger partial charge on any atom is -0.325 e. The van der Waals surface area contributed by atoms with Gasteiger partial charge in [-0.25, -0.2) is 0 Å². The number of likely N-dealkylation sites (tertiary alicyclic amines) is 1. The molecular formula is C31H24BrN3O4S2. The van der Waals surface area contributed by atoms with E-state index in [-0.39, 0.29) is 58.1 Å². The lowest BCUT2D eigenvalue weighted by atomic mass is 9.68. The molecule has 1 saturated heterocycles. The number of nitrogens with zero attached hydrogens (tertiary/aromatic N) is 1. The second-order valence-corrected chi connectivity index (χ2v) is 14.5. The number of thiazole rings is 1. The van der Waals surface area contributed by atoms with E-state index in [1.54, 1.807) is 11.8 Å². The first-order chi connectivity index (χ1) is 19.9. The Balaban J connectivity index is 1.07. The number of fused-ring (bicyclic) bond motifs is 10. The van der Waals surface area contributed by atoms with Crippen LogP contribution in [0.3, 0.4) is 0 Å². The van der Waals surface area contributed by atoms with Crippen LogP contribution in [0.5, 0.6) is 0 Å². The normalized spacial score (nSPS) is 29.5. The monoisotopic (exact) mass is 645 g/mol. The fourth-order valence-electron chi connectivity index (χ4n) is 7.89. The second kappa shape index (κ2) is 9.40. The summed E-state index contributed by atoms with van der Waals surface area (Å²) < 4.78 is 0.979. The summed E-state index contributed by atoms with van der Waals surface area (Å²) in [7, 11) is 0. The van der Waals surface area contributed by atoms with Gasteiger partial charge in [0.05, 0.1) is 16.9 Å². The standard InChI is InChI=1S/C31H24BrN3O4S2/c32-17-8-5-15(6-9-17)22-23-19-12-20(26(23)40-28-27(22)41-31(39)34-28)25-24(19)29(37)35(30(25)38)13-21(36)33-18-10-7-14-3-1-2-4-16(14)11-18/h1-11,19-20,22-26H,12-13H2,(H,33,36)(H,34,39)/t19?,20?,22-,23?,24?,25?,26?/m1/s1. The molecule has 0 radical (unpaired) electrons. The molecule has 0 spiro atoms. The van der Waals surface area contributed by atoms with Crippen LogP contribution in [0.4, 0.5) is 5.69 Å². The topological polar surface area (TPSA) is 99.3 Å². The van der Waals surface area contributed by atoms with Gasteiger partial charge in [0.15, 0.2) is 0 Å². The molecule has 206 valence electrons. The highest BCUT2D eigenvalue weighted by molar-refractivity contribution is 9.10. The van der Waals surface area contributed by atoms with E-state index < -0.39 is 11.8 Å². The van der Waals surface area contributed by atoms with Crippen molar-refractivity contribution in [1.82, 2.24) is 9.88 Å². The maximum Gasteiger partial charge on any atom is 0.305 e. The van der Waals surface area contributed by atoms with Crippen LogP contribution in [-0.4, -0.2) is 39.4 Å². The van der Waals surface area contributed by atoms with E-state index in [2.05, 4.69) is 38.4 Å². The molecule has 3 amide bonds. The van der Waals surface area contributed by atoms with E-state index in [0.29, 0.717) is 5.69 Å². The summed E-state index contributed by atoms with van der Waals surface area (Å²) in [6.07, 6.45) is 0.818. The zero-order chi connectivity index (χ0) is 28.0. The van der Waals surface area contributed by atoms with Crippen LogP contribution in [-0.2, 0) is 14.4 Å². The summed E-state index contributed by atoms with van der Waals surface area (Å²) in [5.74, 6) is -1.51. The average Bonchev–Trinajstić information content (AvgIpc) is 3.69.